The molecule has 0 radical (unpaired) electrons. The first-order valence-corrected chi connectivity index (χ1v) is 8.44. The van der Waals surface area contributed by atoms with Crippen molar-refractivity contribution in [3.63, 3.8) is 0 Å². The first-order chi connectivity index (χ1) is 11.3. The van der Waals surface area contributed by atoms with Crippen molar-refractivity contribution in [2.45, 2.75) is 46.2 Å². The third-order valence-electron chi connectivity index (χ3n) is 6.68. The van der Waals surface area contributed by atoms with Crippen molar-refractivity contribution >= 4 is 29.0 Å². The largest absolute Gasteiger partial charge is 0.416 e. The van der Waals surface area contributed by atoms with E-state index in [2.05, 4.69) is 5.32 Å². The Morgan fingerprint density at radius 1 is 1.20 bits per heavy atom. The van der Waals surface area contributed by atoms with E-state index in [9.17, 15) is 22.8 Å². The van der Waals surface area contributed by atoms with Gasteiger partial charge in [0.1, 0.15) is 5.78 Å². The van der Waals surface area contributed by atoms with Crippen molar-refractivity contribution in [3.8, 4) is 0 Å². The molecule has 1 N–H and O–H groups in total. The van der Waals surface area contributed by atoms with E-state index in [4.69, 9.17) is 11.6 Å². The second kappa shape index (κ2) is 5.22. The summed E-state index contributed by atoms with van der Waals surface area (Å²) in [6.45, 7) is 5.64. The number of hydrogen-bond donors (Lipinski definition) is 1. The number of halogens is 4. The summed E-state index contributed by atoms with van der Waals surface area (Å²) in [5.74, 6) is -0.401. The standard InChI is InChI=1S/C18H19ClF3NO2/c1-15(2)16(3)6-7-17(15,9-13(16)24)14(25)23-12-8-10(18(20,21)22)4-5-11(12)19/h4-5,8H,6-7,9H2,1-3H3,(H,23,25)/t16-,17+/m0/s1. The van der Waals surface area contributed by atoms with Gasteiger partial charge in [-0.3, -0.25) is 9.59 Å². The number of benzene rings is 1. The molecule has 0 spiro atoms. The molecule has 0 saturated heterocycles. The Kier molecular flexibility index (Phi) is 3.81. The van der Waals surface area contributed by atoms with Gasteiger partial charge < -0.3 is 5.32 Å². The van der Waals surface area contributed by atoms with Gasteiger partial charge in [0.05, 0.1) is 21.7 Å². The molecule has 3 nitrogen and oxygen atoms in total. The van der Waals surface area contributed by atoms with Gasteiger partial charge in [0.25, 0.3) is 0 Å². The molecule has 3 rings (SSSR count). The van der Waals surface area contributed by atoms with Crippen LogP contribution in [0.5, 0.6) is 0 Å². The lowest BCUT2D eigenvalue weighted by Gasteiger charge is -2.38. The van der Waals surface area contributed by atoms with Crippen molar-refractivity contribution in [1.29, 1.82) is 0 Å². The number of alkyl halides is 3. The molecular formula is C18H19ClF3NO2. The monoisotopic (exact) mass is 373 g/mol. The zero-order valence-electron chi connectivity index (χ0n) is 14.2. The van der Waals surface area contributed by atoms with Crippen molar-refractivity contribution in [2.75, 3.05) is 5.32 Å². The van der Waals surface area contributed by atoms with E-state index in [0.717, 1.165) is 18.2 Å². The Morgan fingerprint density at radius 2 is 1.84 bits per heavy atom. The number of amides is 1. The van der Waals surface area contributed by atoms with Crippen LogP contribution >= 0.6 is 11.6 Å². The van der Waals surface area contributed by atoms with Crippen molar-refractivity contribution in [2.24, 2.45) is 16.2 Å². The molecule has 1 amide bonds. The van der Waals surface area contributed by atoms with Crippen LogP contribution in [0, 0.1) is 16.2 Å². The SMILES string of the molecule is CC1(C)[C@]2(C(=O)Nc3cc(C(F)(F)F)ccc3Cl)CC[C@@]1(C)C(=O)C2. The minimum Gasteiger partial charge on any atom is -0.324 e. The van der Waals surface area contributed by atoms with Crippen LogP contribution in [-0.2, 0) is 15.8 Å². The second-order valence-corrected chi connectivity index (χ2v) is 8.19. The molecule has 2 aliphatic rings. The molecule has 7 heteroatoms. The van der Waals surface area contributed by atoms with E-state index in [0.29, 0.717) is 12.8 Å². The number of carbonyl (C=O) groups is 2. The summed E-state index contributed by atoms with van der Waals surface area (Å²) >= 11 is 5.97. The zero-order valence-corrected chi connectivity index (χ0v) is 14.9. The average molecular weight is 374 g/mol. The molecule has 0 heterocycles. The molecule has 0 aliphatic heterocycles. The first-order valence-electron chi connectivity index (χ1n) is 8.07. The van der Waals surface area contributed by atoms with Gasteiger partial charge in [-0.1, -0.05) is 32.4 Å². The molecule has 2 aliphatic carbocycles. The molecule has 2 fully saturated rings. The third kappa shape index (κ3) is 2.33. The van der Waals surface area contributed by atoms with Gasteiger partial charge in [-0.05, 0) is 36.5 Å². The number of Topliss-reactive ketones (excluding diaryl/α,β-unsaturated/α-hetero) is 1. The maximum atomic E-state index is 13.0. The van der Waals surface area contributed by atoms with Crippen LogP contribution in [0.4, 0.5) is 18.9 Å². The summed E-state index contributed by atoms with van der Waals surface area (Å²) in [6, 6.07) is 2.81. The van der Waals surface area contributed by atoms with Crippen LogP contribution in [0.1, 0.15) is 45.6 Å². The van der Waals surface area contributed by atoms with E-state index >= 15 is 0 Å². The normalized spacial score (nSPS) is 30.6. The summed E-state index contributed by atoms with van der Waals surface area (Å²) < 4.78 is 38.7. The first kappa shape index (κ1) is 18.2. The van der Waals surface area contributed by atoms with Crippen molar-refractivity contribution < 1.29 is 22.8 Å². The van der Waals surface area contributed by atoms with Crippen LogP contribution < -0.4 is 5.32 Å². The Bertz CT molecular complexity index is 774. The lowest BCUT2D eigenvalue weighted by Crippen LogP contribution is -2.43. The molecule has 2 atom stereocenters. The molecule has 25 heavy (non-hydrogen) atoms. The highest BCUT2D eigenvalue weighted by Crippen LogP contribution is 2.70. The van der Waals surface area contributed by atoms with Crippen LogP contribution in [0.15, 0.2) is 18.2 Å². The number of anilines is 1. The van der Waals surface area contributed by atoms with Gasteiger partial charge in [0.2, 0.25) is 5.91 Å². The fourth-order valence-electron chi connectivity index (χ4n) is 4.40. The van der Waals surface area contributed by atoms with E-state index in [1.807, 2.05) is 20.8 Å². The second-order valence-electron chi connectivity index (χ2n) is 7.79. The average Bonchev–Trinajstić information content (AvgIpc) is 2.78. The quantitative estimate of drug-likeness (QED) is 0.785. The Balaban J connectivity index is 1.95. The minimum atomic E-state index is -4.53. The van der Waals surface area contributed by atoms with E-state index in [1.54, 1.807) is 0 Å². The Labute approximate surface area is 148 Å². The van der Waals surface area contributed by atoms with E-state index in [-0.39, 0.29) is 22.9 Å². The van der Waals surface area contributed by atoms with Crippen LogP contribution in [0.2, 0.25) is 5.02 Å². The molecule has 1 aromatic rings. The molecule has 2 bridgehead atoms. The van der Waals surface area contributed by atoms with Crippen LogP contribution in [0.25, 0.3) is 0 Å². The number of carbonyl (C=O) groups excluding carboxylic acids is 2. The predicted molar refractivity (Wildman–Crippen MR) is 88.3 cm³/mol. The van der Waals surface area contributed by atoms with E-state index in [1.165, 1.54) is 0 Å². The maximum absolute atomic E-state index is 13.0. The van der Waals surface area contributed by atoms with Gasteiger partial charge in [-0.25, -0.2) is 0 Å². The van der Waals surface area contributed by atoms with Gasteiger partial charge in [0, 0.05) is 11.8 Å². The highest BCUT2D eigenvalue weighted by atomic mass is 35.5. The van der Waals surface area contributed by atoms with Gasteiger partial charge in [-0.15, -0.1) is 0 Å². The number of hydrogen-bond acceptors (Lipinski definition) is 2. The summed E-state index contributed by atoms with van der Waals surface area (Å²) in [6.07, 6.45) is -3.29. The topological polar surface area (TPSA) is 46.2 Å². The lowest BCUT2D eigenvalue weighted by molar-refractivity contribution is -0.137. The molecule has 1 aromatic carbocycles. The molecule has 136 valence electrons. The maximum Gasteiger partial charge on any atom is 0.416 e. The Hall–Kier alpha value is -1.56. The van der Waals surface area contributed by atoms with Gasteiger partial charge in [0.15, 0.2) is 0 Å². The smallest absolute Gasteiger partial charge is 0.324 e. The Morgan fingerprint density at radius 3 is 2.32 bits per heavy atom. The van der Waals surface area contributed by atoms with Crippen LogP contribution in [-0.4, -0.2) is 11.7 Å². The number of fused-ring (bicyclic) bond motifs is 2. The van der Waals surface area contributed by atoms with Crippen molar-refractivity contribution in [1.82, 2.24) is 0 Å². The highest BCUT2D eigenvalue weighted by molar-refractivity contribution is 6.33. The van der Waals surface area contributed by atoms with Gasteiger partial charge in [-0.2, -0.15) is 13.2 Å². The molecule has 0 unspecified atom stereocenters. The zero-order chi connectivity index (χ0) is 18.8. The summed E-state index contributed by atoms with van der Waals surface area (Å²) in [5, 5.41) is 2.58. The van der Waals surface area contributed by atoms with E-state index < -0.39 is 33.9 Å². The van der Waals surface area contributed by atoms with Crippen molar-refractivity contribution in [3.05, 3.63) is 28.8 Å². The fraction of sp³-hybridized carbons (Fsp3) is 0.556. The molecular weight excluding hydrogens is 355 g/mol. The van der Waals surface area contributed by atoms with Gasteiger partial charge >= 0.3 is 6.18 Å². The predicted octanol–water partition coefficient (Wildman–Crippen LogP) is 5.08. The molecule has 0 aromatic heterocycles. The number of nitrogens with one attached hydrogen (secondary N) is 1. The lowest BCUT2D eigenvalue weighted by atomic mass is 9.64. The third-order valence-corrected chi connectivity index (χ3v) is 7.01. The number of rotatable bonds is 2. The minimum absolute atomic E-state index is 0.0284. The summed E-state index contributed by atoms with van der Waals surface area (Å²) in [7, 11) is 0. The van der Waals surface area contributed by atoms with Crippen LogP contribution in [0.3, 0.4) is 0 Å². The summed E-state index contributed by atoms with van der Waals surface area (Å²) in [5.41, 5.74) is -3.05. The number of ketones is 1. The highest BCUT2D eigenvalue weighted by Gasteiger charge is 2.72. The molecule has 2 saturated carbocycles. The summed E-state index contributed by atoms with van der Waals surface area (Å²) in [4.78, 5) is 25.4. The fourth-order valence-corrected chi connectivity index (χ4v) is 4.56.